The van der Waals surface area contributed by atoms with Crippen molar-refractivity contribution in [3.63, 3.8) is 0 Å². The first-order valence-corrected chi connectivity index (χ1v) is 12.6. The van der Waals surface area contributed by atoms with Crippen LogP contribution < -0.4 is 10.6 Å². The van der Waals surface area contributed by atoms with E-state index < -0.39 is 22.6 Å². The molecule has 6 atom stereocenters. The first-order valence-electron chi connectivity index (χ1n) is 11.7. The van der Waals surface area contributed by atoms with Crippen LogP contribution in [0.4, 0.5) is 5.69 Å². The molecule has 7 nitrogen and oxygen atoms in total. The number of hydrogen-bond acceptors (Lipinski definition) is 5. The molecular weight excluding hydrogens is 426 g/mol. The average Bonchev–Trinajstić information content (AvgIpc) is 3.36. The Morgan fingerprint density at radius 2 is 1.97 bits per heavy atom. The third kappa shape index (κ3) is 3.71. The number of rotatable bonds is 9. The Balaban J connectivity index is 1.62. The van der Waals surface area contributed by atoms with E-state index in [9.17, 15) is 19.5 Å². The Hall–Kier alpha value is -2.06. The van der Waals surface area contributed by atoms with E-state index in [0.717, 1.165) is 25.7 Å². The van der Waals surface area contributed by atoms with Crippen molar-refractivity contribution in [2.45, 2.75) is 55.6 Å². The van der Waals surface area contributed by atoms with Gasteiger partial charge in [0.1, 0.15) is 6.04 Å². The SMILES string of the molecule is CCCCCNC(=O)C1N(CCO)C(=O)[C@@H]2[C@H](C(=O)Nc3ccccc3)[C@@H]3CC(C)C12S3. The fourth-order valence-electron chi connectivity index (χ4n) is 5.90. The molecule has 4 rings (SSSR count). The van der Waals surface area contributed by atoms with Crippen LogP contribution in [0.1, 0.15) is 39.5 Å². The average molecular weight is 460 g/mol. The summed E-state index contributed by atoms with van der Waals surface area (Å²) in [5, 5.41) is 15.7. The topological polar surface area (TPSA) is 98.7 Å². The highest BCUT2D eigenvalue weighted by atomic mass is 32.2. The van der Waals surface area contributed by atoms with E-state index in [4.69, 9.17) is 0 Å². The van der Waals surface area contributed by atoms with E-state index >= 15 is 0 Å². The lowest BCUT2D eigenvalue weighted by atomic mass is 9.66. The molecule has 3 saturated heterocycles. The molecule has 3 unspecified atom stereocenters. The number of amides is 3. The minimum absolute atomic E-state index is 0.00864. The van der Waals surface area contributed by atoms with Gasteiger partial charge in [-0.1, -0.05) is 44.9 Å². The first kappa shape index (κ1) is 23.1. The largest absolute Gasteiger partial charge is 0.395 e. The molecule has 1 spiro atoms. The molecule has 3 fully saturated rings. The number of nitrogens with zero attached hydrogens (tertiary/aromatic N) is 1. The molecule has 0 saturated carbocycles. The molecule has 8 heteroatoms. The van der Waals surface area contributed by atoms with E-state index in [-0.39, 0.29) is 42.0 Å². The summed E-state index contributed by atoms with van der Waals surface area (Å²) in [5.74, 6) is -1.40. The Labute approximate surface area is 193 Å². The number of benzene rings is 1. The summed E-state index contributed by atoms with van der Waals surface area (Å²) >= 11 is 1.65. The second kappa shape index (κ2) is 9.43. The first-order chi connectivity index (χ1) is 15.5. The zero-order valence-corrected chi connectivity index (χ0v) is 19.6. The molecule has 1 aromatic carbocycles. The number of thioether (sulfide) groups is 1. The van der Waals surface area contributed by atoms with Gasteiger partial charge in [-0.2, -0.15) is 0 Å². The number of unbranched alkanes of at least 4 members (excludes halogenated alkanes) is 2. The number of carbonyl (C=O) groups excluding carboxylic acids is 3. The Morgan fingerprint density at radius 3 is 2.66 bits per heavy atom. The highest BCUT2D eigenvalue weighted by molar-refractivity contribution is 8.02. The van der Waals surface area contributed by atoms with Crippen molar-refractivity contribution in [2.75, 3.05) is 25.0 Å². The van der Waals surface area contributed by atoms with Gasteiger partial charge in [-0.3, -0.25) is 14.4 Å². The van der Waals surface area contributed by atoms with Gasteiger partial charge in [0.2, 0.25) is 17.7 Å². The van der Waals surface area contributed by atoms with Crippen LogP contribution in [-0.4, -0.2) is 63.5 Å². The van der Waals surface area contributed by atoms with Crippen molar-refractivity contribution < 1.29 is 19.5 Å². The lowest BCUT2D eigenvalue weighted by Gasteiger charge is -2.38. The molecule has 174 valence electrons. The van der Waals surface area contributed by atoms with Crippen LogP contribution >= 0.6 is 11.8 Å². The monoisotopic (exact) mass is 459 g/mol. The summed E-state index contributed by atoms with van der Waals surface area (Å²) in [6.07, 6.45) is 3.79. The minimum Gasteiger partial charge on any atom is -0.395 e. The van der Waals surface area contributed by atoms with E-state index in [1.165, 1.54) is 4.90 Å². The number of carbonyl (C=O) groups is 3. The van der Waals surface area contributed by atoms with E-state index in [0.29, 0.717) is 12.2 Å². The second-order valence-corrected chi connectivity index (χ2v) is 10.7. The molecule has 3 aliphatic rings. The van der Waals surface area contributed by atoms with Crippen LogP contribution in [0.5, 0.6) is 0 Å². The Bertz CT molecular complexity index is 866. The third-order valence-corrected chi connectivity index (χ3v) is 9.33. The van der Waals surface area contributed by atoms with Crippen LogP contribution in [0.3, 0.4) is 0 Å². The van der Waals surface area contributed by atoms with Gasteiger partial charge in [-0.05, 0) is 30.9 Å². The number of anilines is 1. The fourth-order valence-corrected chi connectivity index (χ4v) is 8.32. The number of hydrogen-bond donors (Lipinski definition) is 3. The summed E-state index contributed by atoms with van der Waals surface area (Å²) in [4.78, 5) is 41.9. The predicted molar refractivity (Wildman–Crippen MR) is 125 cm³/mol. The molecule has 2 bridgehead atoms. The molecule has 32 heavy (non-hydrogen) atoms. The van der Waals surface area contributed by atoms with Gasteiger partial charge in [0.25, 0.3) is 0 Å². The molecule has 3 aliphatic heterocycles. The highest BCUT2D eigenvalue weighted by Crippen LogP contribution is 2.68. The number of aliphatic hydroxyl groups is 1. The maximum absolute atomic E-state index is 13.6. The van der Waals surface area contributed by atoms with Gasteiger partial charge >= 0.3 is 0 Å². The Kier molecular flexibility index (Phi) is 6.81. The standard InChI is InChI=1S/C24H33N3O4S/c1-3-4-8-11-25-22(30)20-24-15(2)14-17(32-24)18(19(24)23(31)27(20)12-13-28)21(29)26-16-9-6-5-7-10-16/h5-7,9-10,15,17-20,28H,3-4,8,11-14H2,1-2H3,(H,25,30)(H,26,29)/t15?,17-,18+,19-,20?,24?/m0/s1. The van der Waals surface area contributed by atoms with Gasteiger partial charge in [0.05, 0.1) is 23.2 Å². The fraction of sp³-hybridized carbons (Fsp3) is 0.625. The molecule has 0 aromatic heterocycles. The van der Waals surface area contributed by atoms with Crippen LogP contribution in [0.15, 0.2) is 30.3 Å². The molecular formula is C24H33N3O4S. The smallest absolute Gasteiger partial charge is 0.244 e. The molecule has 3 amide bonds. The molecule has 0 radical (unpaired) electrons. The summed E-state index contributed by atoms with van der Waals surface area (Å²) in [6.45, 7) is 4.68. The van der Waals surface area contributed by atoms with Crippen LogP contribution in [0, 0.1) is 17.8 Å². The zero-order valence-electron chi connectivity index (χ0n) is 18.8. The van der Waals surface area contributed by atoms with Gasteiger partial charge in [-0.25, -0.2) is 0 Å². The number of β-amino-alcohol motifs (C(OH)–C–C–N with tert-alkyl or cyclic N) is 1. The third-order valence-electron chi connectivity index (χ3n) is 7.26. The lowest BCUT2D eigenvalue weighted by Crippen LogP contribution is -2.56. The van der Waals surface area contributed by atoms with Crippen LogP contribution in [0.25, 0.3) is 0 Å². The van der Waals surface area contributed by atoms with Crippen molar-refractivity contribution in [3.05, 3.63) is 30.3 Å². The summed E-state index contributed by atoms with van der Waals surface area (Å²) in [6, 6.07) is 8.61. The van der Waals surface area contributed by atoms with Crippen molar-refractivity contribution in [1.29, 1.82) is 0 Å². The van der Waals surface area contributed by atoms with Crippen molar-refractivity contribution in [1.82, 2.24) is 10.2 Å². The van der Waals surface area contributed by atoms with Gasteiger partial charge in [-0.15, -0.1) is 11.8 Å². The number of aliphatic hydroxyl groups excluding tert-OH is 1. The van der Waals surface area contributed by atoms with E-state index in [2.05, 4.69) is 24.5 Å². The van der Waals surface area contributed by atoms with Gasteiger partial charge in [0, 0.05) is 24.0 Å². The summed E-state index contributed by atoms with van der Waals surface area (Å²) in [7, 11) is 0. The van der Waals surface area contributed by atoms with Crippen LogP contribution in [0.2, 0.25) is 0 Å². The van der Waals surface area contributed by atoms with Crippen molar-refractivity contribution >= 4 is 35.2 Å². The van der Waals surface area contributed by atoms with Crippen molar-refractivity contribution in [2.24, 2.45) is 17.8 Å². The number of fused-ring (bicyclic) bond motifs is 1. The number of nitrogens with one attached hydrogen (secondary N) is 2. The molecule has 1 aromatic rings. The van der Waals surface area contributed by atoms with E-state index in [1.54, 1.807) is 11.8 Å². The quantitative estimate of drug-likeness (QED) is 0.492. The number of likely N-dealkylation sites (tertiary alicyclic amines) is 1. The van der Waals surface area contributed by atoms with Gasteiger partial charge < -0.3 is 20.6 Å². The Morgan fingerprint density at radius 1 is 1.22 bits per heavy atom. The maximum atomic E-state index is 13.6. The summed E-state index contributed by atoms with van der Waals surface area (Å²) < 4.78 is -0.634. The lowest BCUT2D eigenvalue weighted by molar-refractivity contribution is -0.139. The number of para-hydroxylation sites is 1. The molecule has 3 N–H and O–H groups in total. The molecule has 0 aliphatic carbocycles. The predicted octanol–water partition coefficient (Wildman–Crippen LogP) is 2.26. The second-order valence-electron chi connectivity index (χ2n) is 9.16. The van der Waals surface area contributed by atoms with Crippen molar-refractivity contribution in [3.8, 4) is 0 Å². The normalized spacial score (nSPS) is 32.8. The zero-order chi connectivity index (χ0) is 22.9. The minimum atomic E-state index is -0.659. The highest BCUT2D eigenvalue weighted by Gasteiger charge is 2.75. The van der Waals surface area contributed by atoms with E-state index in [1.807, 2.05) is 30.3 Å². The van der Waals surface area contributed by atoms with Gasteiger partial charge in [0.15, 0.2) is 0 Å². The maximum Gasteiger partial charge on any atom is 0.244 e. The molecule has 3 heterocycles. The van der Waals surface area contributed by atoms with Crippen LogP contribution in [-0.2, 0) is 14.4 Å². The summed E-state index contributed by atoms with van der Waals surface area (Å²) in [5.41, 5.74) is 0.704.